The van der Waals surface area contributed by atoms with Gasteiger partial charge in [0.25, 0.3) is 0 Å². The highest BCUT2D eigenvalue weighted by molar-refractivity contribution is 5.74. The zero-order valence-corrected chi connectivity index (χ0v) is 16.4. The van der Waals surface area contributed by atoms with Gasteiger partial charge in [0.1, 0.15) is 0 Å². The van der Waals surface area contributed by atoms with Gasteiger partial charge in [-0.1, -0.05) is 72.8 Å². The van der Waals surface area contributed by atoms with Crippen LogP contribution in [-0.2, 0) is 11.2 Å². The molecule has 3 heteroatoms. The van der Waals surface area contributed by atoms with Gasteiger partial charge in [0.15, 0.2) is 0 Å². The third-order valence-corrected chi connectivity index (χ3v) is 6.43. The minimum Gasteiger partial charge on any atom is -0.481 e. The zero-order chi connectivity index (χ0) is 19.8. The molecule has 0 spiro atoms. The van der Waals surface area contributed by atoms with Crippen LogP contribution in [0.25, 0.3) is 0 Å². The molecule has 1 N–H and O–H groups in total. The summed E-state index contributed by atoms with van der Waals surface area (Å²) >= 11 is 0. The number of benzene rings is 3. The standard InChI is InChI=1S/C26H25NO2/c28-25(29)17-18-15-23-21(19-7-3-1-4-8-19)11-13-27-14-12-22(24(16-18)26(23)27)20-9-5-2-6-10-20/h1-10,15-16,21-22H,11-14,17H2,(H,28,29). The minimum absolute atomic E-state index is 0.0727. The minimum atomic E-state index is -0.770. The van der Waals surface area contributed by atoms with E-state index in [0.29, 0.717) is 11.8 Å². The van der Waals surface area contributed by atoms with Gasteiger partial charge in [0.05, 0.1) is 6.42 Å². The summed E-state index contributed by atoms with van der Waals surface area (Å²) in [4.78, 5) is 14.0. The molecular weight excluding hydrogens is 358 g/mol. The van der Waals surface area contributed by atoms with E-state index in [1.54, 1.807) is 0 Å². The van der Waals surface area contributed by atoms with E-state index >= 15 is 0 Å². The monoisotopic (exact) mass is 383 g/mol. The Morgan fingerprint density at radius 1 is 0.828 bits per heavy atom. The Morgan fingerprint density at radius 3 is 1.76 bits per heavy atom. The average molecular weight is 383 g/mol. The summed E-state index contributed by atoms with van der Waals surface area (Å²) in [5.41, 5.74) is 7.51. The van der Waals surface area contributed by atoms with E-state index in [4.69, 9.17) is 0 Å². The number of rotatable bonds is 4. The molecule has 3 nitrogen and oxygen atoms in total. The Hall–Kier alpha value is -3.07. The van der Waals surface area contributed by atoms with Crippen LogP contribution in [0.2, 0.25) is 0 Å². The fourth-order valence-electron chi connectivity index (χ4n) is 5.20. The summed E-state index contributed by atoms with van der Waals surface area (Å²) in [6.07, 6.45) is 2.22. The Balaban J connectivity index is 1.69. The van der Waals surface area contributed by atoms with E-state index in [2.05, 4.69) is 77.7 Å². The van der Waals surface area contributed by atoms with Gasteiger partial charge in [-0.3, -0.25) is 4.79 Å². The van der Waals surface area contributed by atoms with Crippen molar-refractivity contribution in [1.29, 1.82) is 0 Å². The van der Waals surface area contributed by atoms with Gasteiger partial charge in [0.2, 0.25) is 0 Å². The molecule has 3 aromatic carbocycles. The highest BCUT2D eigenvalue weighted by Gasteiger charge is 2.35. The first-order chi connectivity index (χ1) is 14.2. The van der Waals surface area contributed by atoms with Crippen LogP contribution in [0.3, 0.4) is 0 Å². The molecule has 0 aliphatic carbocycles. The lowest BCUT2D eigenvalue weighted by Crippen LogP contribution is -2.37. The van der Waals surface area contributed by atoms with Crippen molar-refractivity contribution in [3.63, 3.8) is 0 Å². The molecule has 0 amide bonds. The first kappa shape index (κ1) is 18.0. The summed E-state index contributed by atoms with van der Waals surface area (Å²) in [5, 5.41) is 9.46. The lowest BCUT2D eigenvalue weighted by molar-refractivity contribution is -0.136. The fraction of sp³-hybridized carbons (Fsp3) is 0.269. The highest BCUT2D eigenvalue weighted by atomic mass is 16.4. The molecule has 0 fully saturated rings. The molecule has 2 aliphatic rings. The molecule has 3 aromatic rings. The van der Waals surface area contributed by atoms with Crippen LogP contribution in [0.1, 0.15) is 52.5 Å². The molecule has 2 aliphatic heterocycles. The van der Waals surface area contributed by atoms with E-state index in [1.807, 2.05) is 0 Å². The van der Waals surface area contributed by atoms with Crippen molar-refractivity contribution in [1.82, 2.24) is 0 Å². The van der Waals surface area contributed by atoms with Gasteiger partial charge >= 0.3 is 5.97 Å². The maximum absolute atomic E-state index is 11.5. The Labute approximate surface area is 171 Å². The first-order valence-electron chi connectivity index (χ1n) is 10.4. The summed E-state index contributed by atoms with van der Waals surface area (Å²) in [6, 6.07) is 25.6. The van der Waals surface area contributed by atoms with Crippen molar-refractivity contribution in [2.45, 2.75) is 31.1 Å². The number of carboxylic acid groups (broad SMARTS) is 1. The number of carbonyl (C=O) groups is 1. The van der Waals surface area contributed by atoms with Crippen LogP contribution in [0, 0.1) is 0 Å². The zero-order valence-electron chi connectivity index (χ0n) is 16.4. The molecule has 5 rings (SSSR count). The molecule has 0 saturated carbocycles. The van der Waals surface area contributed by atoms with Crippen LogP contribution < -0.4 is 4.90 Å². The molecule has 2 atom stereocenters. The SMILES string of the molecule is O=C(O)Cc1cc2c3c(c1)C(c1ccccc1)CCN3CCC2c1ccccc1. The molecule has 146 valence electrons. The molecule has 29 heavy (non-hydrogen) atoms. The molecule has 2 unspecified atom stereocenters. The third-order valence-electron chi connectivity index (χ3n) is 6.43. The van der Waals surface area contributed by atoms with Gasteiger partial charge in [-0.15, -0.1) is 0 Å². The topological polar surface area (TPSA) is 40.5 Å². The second kappa shape index (κ2) is 7.40. The second-order valence-electron chi connectivity index (χ2n) is 8.18. The lowest BCUT2D eigenvalue weighted by Gasteiger charge is -2.43. The van der Waals surface area contributed by atoms with Gasteiger partial charge in [-0.25, -0.2) is 0 Å². The van der Waals surface area contributed by atoms with E-state index in [-0.39, 0.29) is 6.42 Å². The number of aliphatic carboxylic acids is 1. The van der Waals surface area contributed by atoms with Crippen LogP contribution in [0.15, 0.2) is 72.8 Å². The first-order valence-corrected chi connectivity index (χ1v) is 10.4. The van der Waals surface area contributed by atoms with Crippen molar-refractivity contribution >= 4 is 11.7 Å². The highest BCUT2D eigenvalue weighted by Crippen LogP contribution is 2.48. The summed E-state index contributed by atoms with van der Waals surface area (Å²) < 4.78 is 0. The summed E-state index contributed by atoms with van der Waals surface area (Å²) in [7, 11) is 0. The lowest BCUT2D eigenvalue weighted by atomic mass is 9.75. The normalized spacial score (nSPS) is 20.2. The maximum Gasteiger partial charge on any atom is 0.307 e. The number of hydrogen-bond acceptors (Lipinski definition) is 2. The predicted molar refractivity (Wildman–Crippen MR) is 116 cm³/mol. The number of nitrogens with zero attached hydrogens (tertiary/aromatic N) is 1. The quantitative estimate of drug-likeness (QED) is 0.674. The van der Waals surface area contributed by atoms with E-state index in [1.165, 1.54) is 27.9 Å². The largest absolute Gasteiger partial charge is 0.481 e. The van der Waals surface area contributed by atoms with Crippen LogP contribution in [-0.4, -0.2) is 24.2 Å². The number of hydrogen-bond donors (Lipinski definition) is 1. The Kier molecular flexibility index (Phi) is 4.59. The molecule has 0 saturated heterocycles. The van der Waals surface area contributed by atoms with Crippen LogP contribution >= 0.6 is 0 Å². The smallest absolute Gasteiger partial charge is 0.307 e. The van der Waals surface area contributed by atoms with Crippen LogP contribution in [0.4, 0.5) is 5.69 Å². The summed E-state index contributed by atoms with van der Waals surface area (Å²) in [5.74, 6) is -0.123. The molecule has 2 heterocycles. The van der Waals surface area contributed by atoms with Gasteiger partial charge in [-0.05, 0) is 40.7 Å². The van der Waals surface area contributed by atoms with Crippen molar-refractivity contribution in [3.05, 3.63) is 101 Å². The van der Waals surface area contributed by atoms with Gasteiger partial charge < -0.3 is 10.0 Å². The predicted octanol–water partition coefficient (Wildman–Crippen LogP) is 5.19. The number of anilines is 1. The van der Waals surface area contributed by atoms with Gasteiger partial charge in [-0.2, -0.15) is 0 Å². The Bertz CT molecular complexity index is 957. The molecular formula is C26H25NO2. The van der Waals surface area contributed by atoms with Gasteiger partial charge in [0, 0.05) is 30.6 Å². The van der Waals surface area contributed by atoms with Crippen molar-refractivity contribution in [2.75, 3.05) is 18.0 Å². The van der Waals surface area contributed by atoms with Crippen molar-refractivity contribution in [3.8, 4) is 0 Å². The summed E-state index contributed by atoms with van der Waals surface area (Å²) in [6.45, 7) is 2.11. The average Bonchev–Trinajstić information content (AvgIpc) is 2.75. The van der Waals surface area contributed by atoms with Crippen molar-refractivity contribution in [2.24, 2.45) is 0 Å². The second-order valence-corrected chi connectivity index (χ2v) is 8.18. The third kappa shape index (κ3) is 3.31. The molecule has 0 radical (unpaired) electrons. The van der Waals surface area contributed by atoms with Crippen molar-refractivity contribution < 1.29 is 9.90 Å². The molecule has 0 bridgehead atoms. The van der Waals surface area contributed by atoms with E-state index in [9.17, 15) is 9.90 Å². The number of carboxylic acids is 1. The fourth-order valence-corrected chi connectivity index (χ4v) is 5.20. The van der Waals surface area contributed by atoms with E-state index in [0.717, 1.165) is 31.5 Å². The van der Waals surface area contributed by atoms with E-state index < -0.39 is 5.97 Å². The van der Waals surface area contributed by atoms with Crippen LogP contribution in [0.5, 0.6) is 0 Å². The molecule has 0 aromatic heterocycles. The maximum atomic E-state index is 11.5. The Morgan fingerprint density at radius 2 is 1.31 bits per heavy atom.